The molecule has 2 unspecified atom stereocenters. The van der Waals surface area contributed by atoms with Crippen molar-refractivity contribution in [3.05, 3.63) is 5.82 Å². The Kier molecular flexibility index (Phi) is 3.81. The van der Waals surface area contributed by atoms with Crippen LogP contribution in [0.25, 0.3) is 0 Å². The van der Waals surface area contributed by atoms with Crippen LogP contribution >= 0.6 is 23.1 Å². The maximum Gasteiger partial charge on any atom is 0.202 e. The standard InChI is InChI=1S/C10H16ClN3S/c1-7-13-10(15-14-7)12-6-8-3-2-4-9(11)5-8/h8-9H,2-6H2,1H3,(H,12,13,14). The predicted octanol–water partition coefficient (Wildman–Crippen LogP) is 3.06. The molecule has 1 aliphatic rings. The van der Waals surface area contributed by atoms with Crippen LogP contribution < -0.4 is 5.32 Å². The largest absolute Gasteiger partial charge is 0.360 e. The van der Waals surface area contributed by atoms with Gasteiger partial charge >= 0.3 is 0 Å². The summed E-state index contributed by atoms with van der Waals surface area (Å²) >= 11 is 7.58. The molecule has 1 saturated carbocycles. The van der Waals surface area contributed by atoms with Gasteiger partial charge in [-0.2, -0.15) is 4.37 Å². The monoisotopic (exact) mass is 245 g/mol. The summed E-state index contributed by atoms with van der Waals surface area (Å²) < 4.78 is 4.14. The van der Waals surface area contributed by atoms with Crippen molar-refractivity contribution in [2.45, 2.75) is 38.0 Å². The minimum absolute atomic E-state index is 0.377. The van der Waals surface area contributed by atoms with E-state index in [1.165, 1.54) is 30.8 Å². The molecule has 15 heavy (non-hydrogen) atoms. The summed E-state index contributed by atoms with van der Waals surface area (Å²) in [5, 5.41) is 4.65. The number of nitrogens with one attached hydrogen (secondary N) is 1. The molecule has 1 N–H and O–H groups in total. The average Bonchev–Trinajstić information content (AvgIpc) is 2.62. The van der Waals surface area contributed by atoms with Crippen molar-refractivity contribution in [3.8, 4) is 0 Å². The van der Waals surface area contributed by atoms with Crippen molar-refractivity contribution >= 4 is 28.3 Å². The van der Waals surface area contributed by atoms with Gasteiger partial charge in [0.05, 0.1) is 0 Å². The molecule has 0 amide bonds. The fraction of sp³-hybridized carbons (Fsp3) is 0.800. The SMILES string of the molecule is Cc1nsc(NCC2CCCC(Cl)C2)n1. The van der Waals surface area contributed by atoms with Gasteiger partial charge in [-0.05, 0) is 32.1 Å². The second-order valence-electron chi connectivity index (χ2n) is 4.16. The van der Waals surface area contributed by atoms with Crippen molar-refractivity contribution in [1.29, 1.82) is 0 Å². The Morgan fingerprint density at radius 1 is 1.53 bits per heavy atom. The molecular formula is C10H16ClN3S. The van der Waals surface area contributed by atoms with Gasteiger partial charge in [0.15, 0.2) is 0 Å². The predicted molar refractivity (Wildman–Crippen MR) is 64.7 cm³/mol. The summed E-state index contributed by atoms with van der Waals surface area (Å²) in [5.74, 6) is 1.55. The number of halogens is 1. The number of rotatable bonds is 3. The van der Waals surface area contributed by atoms with Gasteiger partial charge in [0.25, 0.3) is 0 Å². The zero-order valence-corrected chi connectivity index (χ0v) is 10.4. The van der Waals surface area contributed by atoms with E-state index >= 15 is 0 Å². The Balaban J connectivity index is 1.77. The van der Waals surface area contributed by atoms with Gasteiger partial charge in [-0.3, -0.25) is 0 Å². The lowest BCUT2D eigenvalue weighted by atomic mass is 9.89. The van der Waals surface area contributed by atoms with Crippen molar-refractivity contribution in [2.24, 2.45) is 5.92 Å². The molecule has 1 aromatic heterocycles. The third kappa shape index (κ3) is 3.31. The van der Waals surface area contributed by atoms with Gasteiger partial charge in [0.1, 0.15) is 5.82 Å². The van der Waals surface area contributed by atoms with Crippen molar-refractivity contribution in [1.82, 2.24) is 9.36 Å². The van der Waals surface area contributed by atoms with E-state index in [0.29, 0.717) is 11.3 Å². The molecule has 0 radical (unpaired) electrons. The second-order valence-corrected chi connectivity index (χ2v) is 5.53. The summed E-state index contributed by atoms with van der Waals surface area (Å²) in [7, 11) is 0. The lowest BCUT2D eigenvalue weighted by molar-refractivity contribution is 0.378. The quantitative estimate of drug-likeness (QED) is 0.832. The fourth-order valence-corrected chi connectivity index (χ4v) is 3.00. The number of anilines is 1. The van der Waals surface area contributed by atoms with Crippen LogP contribution in [0.2, 0.25) is 0 Å². The van der Waals surface area contributed by atoms with E-state index in [9.17, 15) is 0 Å². The molecule has 1 fully saturated rings. The summed E-state index contributed by atoms with van der Waals surface area (Å²) in [6, 6.07) is 0. The molecule has 5 heteroatoms. The number of aryl methyl sites for hydroxylation is 1. The molecule has 1 heterocycles. The van der Waals surface area contributed by atoms with Crippen LogP contribution in [-0.4, -0.2) is 21.3 Å². The van der Waals surface area contributed by atoms with Crippen LogP contribution in [0.4, 0.5) is 5.13 Å². The van der Waals surface area contributed by atoms with Crippen molar-refractivity contribution < 1.29 is 0 Å². The molecule has 2 rings (SSSR count). The number of nitrogens with zero attached hydrogens (tertiary/aromatic N) is 2. The third-order valence-electron chi connectivity index (χ3n) is 2.79. The van der Waals surface area contributed by atoms with E-state index in [1.54, 1.807) is 0 Å². The molecule has 0 spiro atoms. The third-order valence-corrected chi connectivity index (χ3v) is 3.95. The molecular weight excluding hydrogens is 230 g/mol. The van der Waals surface area contributed by atoms with E-state index in [4.69, 9.17) is 11.6 Å². The van der Waals surface area contributed by atoms with Crippen LogP contribution in [0.3, 0.4) is 0 Å². The molecule has 84 valence electrons. The van der Waals surface area contributed by atoms with E-state index in [0.717, 1.165) is 23.9 Å². The molecule has 0 saturated heterocycles. The van der Waals surface area contributed by atoms with Crippen molar-refractivity contribution in [3.63, 3.8) is 0 Å². The highest BCUT2D eigenvalue weighted by Crippen LogP contribution is 2.28. The molecule has 2 atom stereocenters. The smallest absolute Gasteiger partial charge is 0.202 e. The summed E-state index contributed by atoms with van der Waals surface area (Å²) in [4.78, 5) is 4.28. The zero-order chi connectivity index (χ0) is 10.7. The molecule has 3 nitrogen and oxygen atoms in total. The van der Waals surface area contributed by atoms with Gasteiger partial charge in [-0.1, -0.05) is 6.42 Å². The van der Waals surface area contributed by atoms with Gasteiger partial charge in [-0.25, -0.2) is 4.98 Å². The van der Waals surface area contributed by atoms with E-state index in [2.05, 4.69) is 14.7 Å². The summed E-state index contributed by atoms with van der Waals surface area (Å²) in [6.45, 7) is 2.90. The van der Waals surface area contributed by atoms with Gasteiger partial charge in [0, 0.05) is 23.5 Å². The van der Waals surface area contributed by atoms with Crippen LogP contribution in [0, 0.1) is 12.8 Å². The highest BCUT2D eigenvalue weighted by molar-refractivity contribution is 7.09. The van der Waals surface area contributed by atoms with Crippen LogP contribution in [-0.2, 0) is 0 Å². The first-order valence-corrected chi connectivity index (χ1v) is 6.63. The van der Waals surface area contributed by atoms with E-state index in [-0.39, 0.29) is 0 Å². The molecule has 0 aliphatic heterocycles. The molecule has 1 aromatic rings. The number of alkyl halides is 1. The Morgan fingerprint density at radius 3 is 3.07 bits per heavy atom. The van der Waals surface area contributed by atoms with Crippen LogP contribution in [0.5, 0.6) is 0 Å². The highest BCUT2D eigenvalue weighted by Gasteiger charge is 2.20. The van der Waals surface area contributed by atoms with E-state index in [1.807, 2.05) is 6.92 Å². The lowest BCUT2D eigenvalue weighted by Gasteiger charge is -2.25. The Hall–Kier alpha value is -0.350. The zero-order valence-electron chi connectivity index (χ0n) is 8.87. The lowest BCUT2D eigenvalue weighted by Crippen LogP contribution is -2.22. The van der Waals surface area contributed by atoms with Crippen molar-refractivity contribution in [2.75, 3.05) is 11.9 Å². The Morgan fingerprint density at radius 2 is 2.40 bits per heavy atom. The molecule has 0 bridgehead atoms. The first-order valence-electron chi connectivity index (χ1n) is 5.42. The number of hydrogen-bond donors (Lipinski definition) is 1. The topological polar surface area (TPSA) is 37.8 Å². The Bertz CT molecular complexity index is 315. The maximum atomic E-state index is 6.14. The number of aromatic nitrogens is 2. The molecule has 0 aromatic carbocycles. The second kappa shape index (κ2) is 5.12. The maximum absolute atomic E-state index is 6.14. The minimum atomic E-state index is 0.377. The van der Waals surface area contributed by atoms with E-state index < -0.39 is 0 Å². The van der Waals surface area contributed by atoms with Gasteiger partial charge in [-0.15, -0.1) is 11.6 Å². The summed E-state index contributed by atoms with van der Waals surface area (Å²) in [5.41, 5.74) is 0. The normalized spacial score (nSPS) is 26.5. The van der Waals surface area contributed by atoms with Crippen LogP contribution in [0.15, 0.2) is 0 Å². The Labute approximate surface area is 99.4 Å². The fourth-order valence-electron chi connectivity index (χ4n) is 2.01. The van der Waals surface area contributed by atoms with Crippen LogP contribution in [0.1, 0.15) is 31.5 Å². The summed E-state index contributed by atoms with van der Waals surface area (Å²) in [6.07, 6.45) is 4.85. The first kappa shape index (κ1) is 11.1. The highest BCUT2D eigenvalue weighted by atomic mass is 35.5. The minimum Gasteiger partial charge on any atom is -0.360 e. The van der Waals surface area contributed by atoms with Gasteiger partial charge in [0.2, 0.25) is 5.13 Å². The molecule has 1 aliphatic carbocycles. The number of hydrogen-bond acceptors (Lipinski definition) is 4. The average molecular weight is 246 g/mol. The first-order chi connectivity index (χ1) is 7.24. The van der Waals surface area contributed by atoms with Gasteiger partial charge < -0.3 is 5.32 Å².